The van der Waals surface area contributed by atoms with Gasteiger partial charge in [0, 0.05) is 13.1 Å². The smallest absolute Gasteiger partial charge is 0.234 e. The summed E-state index contributed by atoms with van der Waals surface area (Å²) < 4.78 is 25.4. The highest BCUT2D eigenvalue weighted by atomic mass is 32.2. The Morgan fingerprint density at radius 2 is 1.76 bits per heavy atom. The van der Waals surface area contributed by atoms with Gasteiger partial charge in [0.15, 0.2) is 0 Å². The number of hydrogen-bond acceptors (Lipinski definition) is 3. The first-order chi connectivity index (χ1) is 8.05. The fraction of sp³-hybridized carbons (Fsp3) is 0.500. The summed E-state index contributed by atoms with van der Waals surface area (Å²) in [6.45, 7) is 4.60. The van der Waals surface area contributed by atoms with Crippen LogP contribution in [0.3, 0.4) is 0 Å². The van der Waals surface area contributed by atoms with Crippen molar-refractivity contribution in [2.45, 2.75) is 26.8 Å². The van der Waals surface area contributed by atoms with Crippen molar-refractivity contribution in [2.75, 3.05) is 16.6 Å². The van der Waals surface area contributed by atoms with Crippen LogP contribution in [-0.4, -0.2) is 20.7 Å². The molecular formula is C12H20N2O2S. The highest BCUT2D eigenvalue weighted by Crippen LogP contribution is 2.19. The number of nitrogens with zero attached hydrogens (tertiary/aromatic N) is 1. The molecule has 0 radical (unpaired) electrons. The summed E-state index contributed by atoms with van der Waals surface area (Å²) in [6, 6.07) is 7.35. The van der Waals surface area contributed by atoms with Crippen LogP contribution in [0.2, 0.25) is 0 Å². The Labute approximate surface area is 103 Å². The van der Waals surface area contributed by atoms with Crippen molar-refractivity contribution < 1.29 is 8.42 Å². The fourth-order valence-corrected chi connectivity index (χ4v) is 2.80. The highest BCUT2D eigenvalue weighted by molar-refractivity contribution is 7.92. The molecule has 1 aromatic rings. The maximum atomic E-state index is 11.9. The van der Waals surface area contributed by atoms with Crippen molar-refractivity contribution in [1.29, 1.82) is 0 Å². The van der Waals surface area contributed by atoms with Gasteiger partial charge in [0.1, 0.15) is 0 Å². The van der Waals surface area contributed by atoms with E-state index in [4.69, 9.17) is 5.73 Å². The SMILES string of the molecule is CCCN(c1ccc(CN)cc1)S(=O)(=O)CC. The molecule has 4 nitrogen and oxygen atoms in total. The Morgan fingerprint density at radius 3 is 2.18 bits per heavy atom. The molecule has 0 atom stereocenters. The minimum Gasteiger partial charge on any atom is -0.326 e. The van der Waals surface area contributed by atoms with Gasteiger partial charge in [0.2, 0.25) is 10.0 Å². The zero-order valence-corrected chi connectivity index (χ0v) is 11.2. The summed E-state index contributed by atoms with van der Waals surface area (Å²) in [5.74, 6) is 0.117. The van der Waals surface area contributed by atoms with Crippen LogP contribution in [0, 0.1) is 0 Å². The van der Waals surface area contributed by atoms with E-state index in [9.17, 15) is 8.42 Å². The largest absolute Gasteiger partial charge is 0.326 e. The maximum absolute atomic E-state index is 11.9. The average Bonchev–Trinajstić information content (AvgIpc) is 2.36. The number of rotatable bonds is 6. The lowest BCUT2D eigenvalue weighted by Gasteiger charge is -2.23. The van der Waals surface area contributed by atoms with Crippen LogP contribution in [0.5, 0.6) is 0 Å². The molecule has 0 aliphatic rings. The van der Waals surface area contributed by atoms with Gasteiger partial charge in [0.05, 0.1) is 11.4 Å². The van der Waals surface area contributed by atoms with Crippen LogP contribution in [0.25, 0.3) is 0 Å². The van der Waals surface area contributed by atoms with Crippen molar-refractivity contribution in [3.63, 3.8) is 0 Å². The summed E-state index contributed by atoms with van der Waals surface area (Å²) in [7, 11) is -3.19. The van der Waals surface area contributed by atoms with Gasteiger partial charge >= 0.3 is 0 Å². The second kappa shape index (κ2) is 6.02. The molecule has 0 unspecified atom stereocenters. The number of sulfonamides is 1. The van der Waals surface area contributed by atoms with Crippen LogP contribution >= 0.6 is 0 Å². The van der Waals surface area contributed by atoms with E-state index in [-0.39, 0.29) is 5.75 Å². The van der Waals surface area contributed by atoms with E-state index in [2.05, 4.69) is 0 Å². The van der Waals surface area contributed by atoms with E-state index >= 15 is 0 Å². The third-order valence-electron chi connectivity index (χ3n) is 2.59. The predicted octanol–water partition coefficient (Wildman–Crippen LogP) is 1.71. The summed E-state index contributed by atoms with van der Waals surface area (Å²) >= 11 is 0. The Kier molecular flexibility index (Phi) is 4.96. The zero-order chi connectivity index (χ0) is 12.9. The molecular weight excluding hydrogens is 236 g/mol. The van der Waals surface area contributed by atoms with Crippen molar-refractivity contribution in [1.82, 2.24) is 0 Å². The summed E-state index contributed by atoms with van der Waals surface area (Å²) in [5, 5.41) is 0. The summed E-state index contributed by atoms with van der Waals surface area (Å²) in [6.07, 6.45) is 0.790. The van der Waals surface area contributed by atoms with Crippen LogP contribution in [0.4, 0.5) is 5.69 Å². The van der Waals surface area contributed by atoms with E-state index in [1.165, 1.54) is 4.31 Å². The maximum Gasteiger partial charge on any atom is 0.234 e. The molecule has 0 fully saturated rings. The monoisotopic (exact) mass is 256 g/mol. The van der Waals surface area contributed by atoms with E-state index in [0.29, 0.717) is 18.8 Å². The van der Waals surface area contributed by atoms with Crippen LogP contribution in [-0.2, 0) is 16.6 Å². The number of anilines is 1. The Bertz CT molecular complexity index is 440. The van der Waals surface area contributed by atoms with Gasteiger partial charge in [0.25, 0.3) is 0 Å². The quantitative estimate of drug-likeness (QED) is 0.842. The minimum atomic E-state index is -3.19. The topological polar surface area (TPSA) is 63.4 Å². The number of nitrogens with two attached hydrogens (primary N) is 1. The second-order valence-corrected chi connectivity index (χ2v) is 6.03. The molecule has 1 aromatic carbocycles. The highest BCUT2D eigenvalue weighted by Gasteiger charge is 2.19. The molecule has 1 rings (SSSR count). The average molecular weight is 256 g/mol. The van der Waals surface area contributed by atoms with Gasteiger partial charge in [-0.15, -0.1) is 0 Å². The van der Waals surface area contributed by atoms with Crippen LogP contribution in [0.15, 0.2) is 24.3 Å². The van der Waals surface area contributed by atoms with Gasteiger partial charge in [-0.1, -0.05) is 19.1 Å². The van der Waals surface area contributed by atoms with Gasteiger partial charge in [-0.05, 0) is 31.0 Å². The standard InChI is InChI=1S/C12H20N2O2S/c1-3-9-14(17(15,16)4-2)12-7-5-11(10-13)6-8-12/h5-8H,3-4,9-10,13H2,1-2H3. The van der Waals surface area contributed by atoms with Crippen molar-refractivity contribution in [3.05, 3.63) is 29.8 Å². The summed E-state index contributed by atoms with van der Waals surface area (Å²) in [5.41, 5.74) is 7.23. The molecule has 0 aliphatic carbocycles. The molecule has 5 heteroatoms. The van der Waals surface area contributed by atoms with Crippen LogP contribution in [0.1, 0.15) is 25.8 Å². The Balaban J connectivity index is 3.05. The molecule has 0 amide bonds. The number of hydrogen-bond donors (Lipinski definition) is 1. The van der Waals surface area contributed by atoms with Gasteiger partial charge < -0.3 is 5.73 Å². The Morgan fingerprint density at radius 1 is 1.18 bits per heavy atom. The van der Waals surface area contributed by atoms with Crippen molar-refractivity contribution in [2.24, 2.45) is 5.73 Å². The molecule has 0 saturated carbocycles. The van der Waals surface area contributed by atoms with E-state index < -0.39 is 10.0 Å². The Hall–Kier alpha value is -1.07. The third-order valence-corrected chi connectivity index (χ3v) is 4.38. The molecule has 0 spiro atoms. The normalized spacial score (nSPS) is 11.5. The van der Waals surface area contributed by atoms with Gasteiger partial charge in [-0.3, -0.25) is 4.31 Å². The van der Waals surface area contributed by atoms with Gasteiger partial charge in [-0.25, -0.2) is 8.42 Å². The molecule has 0 aliphatic heterocycles. The third kappa shape index (κ3) is 3.44. The lowest BCUT2D eigenvalue weighted by Crippen LogP contribution is -2.33. The van der Waals surface area contributed by atoms with E-state index in [1.54, 1.807) is 6.92 Å². The molecule has 0 bridgehead atoms. The summed E-state index contributed by atoms with van der Waals surface area (Å²) in [4.78, 5) is 0. The van der Waals surface area contributed by atoms with E-state index in [0.717, 1.165) is 12.0 Å². The number of benzene rings is 1. The van der Waals surface area contributed by atoms with Crippen LogP contribution < -0.4 is 10.0 Å². The molecule has 0 saturated heterocycles. The second-order valence-electron chi connectivity index (χ2n) is 3.84. The van der Waals surface area contributed by atoms with Crippen molar-refractivity contribution >= 4 is 15.7 Å². The van der Waals surface area contributed by atoms with Crippen molar-refractivity contribution in [3.8, 4) is 0 Å². The first kappa shape index (κ1) is 14.0. The lowest BCUT2D eigenvalue weighted by atomic mass is 10.2. The molecule has 0 heterocycles. The lowest BCUT2D eigenvalue weighted by molar-refractivity contribution is 0.591. The fourth-order valence-electron chi connectivity index (χ4n) is 1.59. The van der Waals surface area contributed by atoms with E-state index in [1.807, 2.05) is 31.2 Å². The molecule has 2 N–H and O–H groups in total. The first-order valence-corrected chi connectivity index (χ1v) is 7.45. The minimum absolute atomic E-state index is 0.117. The van der Waals surface area contributed by atoms with Gasteiger partial charge in [-0.2, -0.15) is 0 Å². The first-order valence-electron chi connectivity index (χ1n) is 5.84. The predicted molar refractivity (Wildman–Crippen MR) is 71.4 cm³/mol. The molecule has 96 valence electrons. The molecule has 17 heavy (non-hydrogen) atoms. The molecule has 0 aromatic heterocycles. The zero-order valence-electron chi connectivity index (χ0n) is 10.4.